The Balaban J connectivity index is 1.88. The molecule has 0 fully saturated rings. The molecule has 0 radical (unpaired) electrons. The number of aliphatic hydroxyl groups excluding tert-OH is 1. The largest absolute Gasteiger partial charge is 0.487 e. The summed E-state index contributed by atoms with van der Waals surface area (Å²) in [7, 11) is 0. The van der Waals surface area contributed by atoms with Gasteiger partial charge in [-0.1, -0.05) is 18.2 Å². The van der Waals surface area contributed by atoms with Crippen LogP contribution in [-0.4, -0.2) is 11.2 Å². The number of rotatable bonds is 2. The zero-order valence-corrected chi connectivity index (χ0v) is 11.9. The van der Waals surface area contributed by atoms with Gasteiger partial charge < -0.3 is 9.84 Å². The molecule has 2 atom stereocenters. The SMILES string of the molecule is OC(c1cc(F)c(Br)cc1F)C1Cc2ccccc2O1. The van der Waals surface area contributed by atoms with E-state index in [9.17, 15) is 13.9 Å². The van der Waals surface area contributed by atoms with Gasteiger partial charge in [-0.3, -0.25) is 0 Å². The third kappa shape index (κ3) is 2.31. The topological polar surface area (TPSA) is 29.5 Å². The summed E-state index contributed by atoms with van der Waals surface area (Å²) in [6, 6.07) is 9.39. The van der Waals surface area contributed by atoms with Gasteiger partial charge in [-0.25, -0.2) is 8.78 Å². The number of hydrogen-bond donors (Lipinski definition) is 1. The van der Waals surface area contributed by atoms with Crippen molar-refractivity contribution in [3.8, 4) is 5.75 Å². The molecular weight excluding hydrogens is 330 g/mol. The van der Waals surface area contributed by atoms with E-state index in [1.54, 1.807) is 6.07 Å². The molecule has 1 N–H and O–H groups in total. The van der Waals surface area contributed by atoms with Crippen LogP contribution in [0, 0.1) is 11.6 Å². The molecule has 2 nitrogen and oxygen atoms in total. The van der Waals surface area contributed by atoms with E-state index < -0.39 is 23.8 Å². The first-order valence-corrected chi connectivity index (χ1v) is 6.92. The van der Waals surface area contributed by atoms with E-state index in [4.69, 9.17) is 4.74 Å². The molecular formula is C15H11BrF2O2. The maximum atomic E-state index is 13.9. The van der Waals surface area contributed by atoms with Gasteiger partial charge in [0.25, 0.3) is 0 Å². The fourth-order valence-electron chi connectivity index (χ4n) is 2.35. The molecule has 5 heteroatoms. The second-order valence-corrected chi connectivity index (χ2v) is 5.56. The van der Waals surface area contributed by atoms with Crippen LogP contribution in [0.15, 0.2) is 40.9 Å². The summed E-state index contributed by atoms with van der Waals surface area (Å²) >= 11 is 2.91. The second kappa shape index (κ2) is 5.14. The van der Waals surface area contributed by atoms with Crippen molar-refractivity contribution in [1.82, 2.24) is 0 Å². The van der Waals surface area contributed by atoms with Gasteiger partial charge in [0.1, 0.15) is 29.6 Å². The van der Waals surface area contributed by atoms with Crippen molar-refractivity contribution in [2.45, 2.75) is 18.6 Å². The Bertz CT molecular complexity index is 635. The molecule has 3 rings (SSSR count). The number of hydrogen-bond acceptors (Lipinski definition) is 2. The number of para-hydroxylation sites is 1. The minimum Gasteiger partial charge on any atom is -0.487 e. The van der Waals surface area contributed by atoms with Crippen molar-refractivity contribution in [2.75, 3.05) is 0 Å². The molecule has 0 aromatic heterocycles. The quantitative estimate of drug-likeness (QED) is 0.843. The highest BCUT2D eigenvalue weighted by Crippen LogP contribution is 2.35. The number of aliphatic hydroxyl groups is 1. The third-order valence-corrected chi connectivity index (χ3v) is 3.99. The summed E-state index contributed by atoms with van der Waals surface area (Å²) in [6.07, 6.45) is -1.36. The molecule has 1 heterocycles. The molecule has 2 aromatic carbocycles. The molecule has 104 valence electrons. The van der Waals surface area contributed by atoms with Crippen molar-refractivity contribution in [1.29, 1.82) is 0 Å². The molecule has 2 aromatic rings. The van der Waals surface area contributed by atoms with Crippen LogP contribution in [0.25, 0.3) is 0 Å². The van der Waals surface area contributed by atoms with Gasteiger partial charge >= 0.3 is 0 Å². The predicted molar refractivity (Wildman–Crippen MR) is 73.6 cm³/mol. The normalized spacial score (nSPS) is 18.5. The van der Waals surface area contributed by atoms with Crippen LogP contribution in [0.4, 0.5) is 8.78 Å². The molecule has 1 aliphatic rings. The molecule has 0 aliphatic carbocycles. The zero-order chi connectivity index (χ0) is 14.3. The molecule has 2 unspecified atom stereocenters. The molecule has 0 saturated heterocycles. The average Bonchev–Trinajstić information content (AvgIpc) is 2.86. The van der Waals surface area contributed by atoms with Crippen molar-refractivity contribution < 1.29 is 18.6 Å². The van der Waals surface area contributed by atoms with Gasteiger partial charge in [0.2, 0.25) is 0 Å². The van der Waals surface area contributed by atoms with Crippen LogP contribution in [0.2, 0.25) is 0 Å². The standard InChI is InChI=1S/C15H11BrF2O2/c16-10-7-11(17)9(6-12(10)18)15(19)14-5-8-3-1-2-4-13(8)20-14/h1-4,6-7,14-15,19H,5H2. The Kier molecular flexibility index (Phi) is 3.48. The minimum atomic E-state index is -1.22. The van der Waals surface area contributed by atoms with Crippen LogP contribution < -0.4 is 4.74 Å². The second-order valence-electron chi connectivity index (χ2n) is 4.70. The average molecular weight is 341 g/mol. The van der Waals surface area contributed by atoms with Crippen LogP contribution >= 0.6 is 15.9 Å². The van der Waals surface area contributed by atoms with E-state index in [0.29, 0.717) is 12.2 Å². The highest BCUT2D eigenvalue weighted by Gasteiger charge is 2.32. The van der Waals surface area contributed by atoms with E-state index in [0.717, 1.165) is 17.7 Å². The third-order valence-electron chi connectivity index (χ3n) is 3.38. The summed E-state index contributed by atoms with van der Waals surface area (Å²) in [5.74, 6) is -0.601. The first-order chi connectivity index (χ1) is 9.56. The monoisotopic (exact) mass is 340 g/mol. The predicted octanol–water partition coefficient (Wildman–Crippen LogP) is 3.76. The van der Waals surface area contributed by atoms with E-state index >= 15 is 0 Å². The maximum absolute atomic E-state index is 13.9. The summed E-state index contributed by atoms with van der Waals surface area (Å²) in [5.41, 5.74) is 0.859. The van der Waals surface area contributed by atoms with Crippen LogP contribution in [0.5, 0.6) is 5.75 Å². The van der Waals surface area contributed by atoms with Crippen molar-refractivity contribution in [2.24, 2.45) is 0 Å². The van der Waals surface area contributed by atoms with Gasteiger partial charge in [0, 0.05) is 12.0 Å². The van der Waals surface area contributed by atoms with Gasteiger partial charge in [-0.05, 0) is 39.7 Å². The molecule has 20 heavy (non-hydrogen) atoms. The lowest BCUT2D eigenvalue weighted by Crippen LogP contribution is -2.24. The lowest BCUT2D eigenvalue weighted by atomic mass is 10.00. The number of benzene rings is 2. The molecule has 0 amide bonds. The Morgan fingerprint density at radius 2 is 1.95 bits per heavy atom. The lowest BCUT2D eigenvalue weighted by molar-refractivity contribution is 0.0465. The van der Waals surface area contributed by atoms with E-state index in [-0.39, 0.29) is 10.0 Å². The van der Waals surface area contributed by atoms with Gasteiger partial charge in [-0.15, -0.1) is 0 Å². The Morgan fingerprint density at radius 1 is 1.20 bits per heavy atom. The Morgan fingerprint density at radius 3 is 2.70 bits per heavy atom. The summed E-state index contributed by atoms with van der Waals surface area (Å²) < 4.78 is 33.0. The first-order valence-electron chi connectivity index (χ1n) is 6.13. The van der Waals surface area contributed by atoms with E-state index in [1.807, 2.05) is 18.2 Å². The Labute approximate surface area is 123 Å². The van der Waals surface area contributed by atoms with Crippen molar-refractivity contribution >= 4 is 15.9 Å². The van der Waals surface area contributed by atoms with Gasteiger partial charge in [0.05, 0.1) is 4.47 Å². The lowest BCUT2D eigenvalue weighted by Gasteiger charge is -2.19. The molecule has 0 saturated carbocycles. The number of halogens is 3. The zero-order valence-electron chi connectivity index (χ0n) is 10.3. The van der Waals surface area contributed by atoms with Gasteiger partial charge in [0.15, 0.2) is 0 Å². The number of ether oxygens (including phenoxy) is 1. The molecule has 0 spiro atoms. The Hall–Kier alpha value is -1.46. The highest BCUT2D eigenvalue weighted by molar-refractivity contribution is 9.10. The van der Waals surface area contributed by atoms with Crippen LogP contribution in [0.1, 0.15) is 17.2 Å². The smallest absolute Gasteiger partial charge is 0.137 e. The van der Waals surface area contributed by atoms with Crippen LogP contribution in [0.3, 0.4) is 0 Å². The summed E-state index contributed by atoms with van der Waals surface area (Å²) in [5, 5.41) is 10.2. The van der Waals surface area contributed by atoms with E-state index in [1.165, 1.54) is 0 Å². The van der Waals surface area contributed by atoms with Crippen molar-refractivity contribution in [3.05, 3.63) is 63.6 Å². The molecule has 1 aliphatic heterocycles. The molecule has 0 bridgehead atoms. The number of fused-ring (bicyclic) bond motifs is 1. The van der Waals surface area contributed by atoms with Crippen molar-refractivity contribution in [3.63, 3.8) is 0 Å². The maximum Gasteiger partial charge on any atom is 0.137 e. The fraction of sp³-hybridized carbons (Fsp3) is 0.200. The highest BCUT2D eigenvalue weighted by atomic mass is 79.9. The minimum absolute atomic E-state index is 0.0292. The fourth-order valence-corrected chi connectivity index (χ4v) is 2.67. The summed E-state index contributed by atoms with van der Waals surface area (Å²) in [4.78, 5) is 0. The van der Waals surface area contributed by atoms with E-state index in [2.05, 4.69) is 15.9 Å². The van der Waals surface area contributed by atoms with Crippen LogP contribution in [-0.2, 0) is 6.42 Å². The summed E-state index contributed by atoms with van der Waals surface area (Å²) in [6.45, 7) is 0. The first kappa shape index (κ1) is 13.5. The van der Waals surface area contributed by atoms with Gasteiger partial charge in [-0.2, -0.15) is 0 Å².